The molecule has 2 aliphatic heterocycles. The Morgan fingerprint density at radius 3 is 2.62 bits per heavy atom. The first kappa shape index (κ1) is 20.4. The molecule has 2 aromatic rings. The van der Waals surface area contributed by atoms with Crippen LogP contribution in [0.4, 0.5) is 5.69 Å². The van der Waals surface area contributed by atoms with Gasteiger partial charge in [0.25, 0.3) is 11.6 Å². The number of hydrazone groups is 1. The van der Waals surface area contributed by atoms with Gasteiger partial charge in [0.05, 0.1) is 10.5 Å². The van der Waals surface area contributed by atoms with Gasteiger partial charge in [-0.2, -0.15) is 15.1 Å². The van der Waals surface area contributed by atoms with Crippen molar-refractivity contribution in [3.05, 3.63) is 64.0 Å². The second-order valence-electron chi connectivity index (χ2n) is 7.87. The highest BCUT2D eigenvalue weighted by molar-refractivity contribution is 8.27. The van der Waals surface area contributed by atoms with Crippen LogP contribution in [0.3, 0.4) is 0 Å². The minimum Gasteiger partial charge on any atom is -0.317 e. The second-order valence-corrected chi connectivity index (χ2v) is 8.86. The van der Waals surface area contributed by atoms with E-state index in [1.54, 1.807) is 29.0 Å². The Morgan fingerprint density at radius 1 is 1.16 bits per heavy atom. The fraction of sp³-hybridized carbons (Fsp3) is 0.273. The summed E-state index contributed by atoms with van der Waals surface area (Å²) in [6, 6.07) is 9.76. The molecule has 0 atom stereocenters. The molecule has 0 spiro atoms. The highest BCUT2D eigenvalue weighted by Crippen LogP contribution is 2.36. The zero-order valence-corrected chi connectivity index (χ0v) is 17.9. The van der Waals surface area contributed by atoms with Gasteiger partial charge in [0.2, 0.25) is 5.17 Å². The molecule has 9 nitrogen and oxygen atoms in total. The predicted octanol–water partition coefficient (Wildman–Crippen LogP) is 4.58. The summed E-state index contributed by atoms with van der Waals surface area (Å²) in [6.45, 7) is 0. The van der Waals surface area contributed by atoms with Gasteiger partial charge < -0.3 is 4.57 Å². The minimum absolute atomic E-state index is 0.00470. The molecule has 1 aromatic heterocycles. The number of non-ortho nitro benzene ring substituents is 1. The minimum atomic E-state index is -0.467. The molecule has 3 heterocycles. The van der Waals surface area contributed by atoms with E-state index in [-0.39, 0.29) is 17.1 Å². The summed E-state index contributed by atoms with van der Waals surface area (Å²) in [5, 5.41) is 27.0. The van der Waals surface area contributed by atoms with Gasteiger partial charge >= 0.3 is 0 Å². The van der Waals surface area contributed by atoms with Crippen LogP contribution < -0.4 is 0 Å². The molecule has 1 aromatic carbocycles. The Hall–Kier alpha value is -3.53. The number of amidine groups is 2. The number of hydrogen-bond acceptors (Lipinski definition) is 6. The van der Waals surface area contributed by atoms with Gasteiger partial charge in [-0.15, -0.1) is 0 Å². The lowest BCUT2D eigenvalue weighted by Gasteiger charge is -2.20. The number of nitrogens with zero attached hydrogens (tertiary/aromatic N) is 5. The van der Waals surface area contributed by atoms with Crippen LogP contribution in [0.25, 0.3) is 11.8 Å². The van der Waals surface area contributed by atoms with E-state index in [4.69, 9.17) is 5.41 Å². The Morgan fingerprint density at radius 2 is 1.91 bits per heavy atom. The van der Waals surface area contributed by atoms with Gasteiger partial charge in [-0.3, -0.25) is 20.3 Å². The maximum absolute atomic E-state index is 12.8. The maximum atomic E-state index is 12.8. The number of benzene rings is 1. The number of aromatic nitrogens is 1. The van der Waals surface area contributed by atoms with Crippen LogP contribution in [0.5, 0.6) is 0 Å². The summed E-state index contributed by atoms with van der Waals surface area (Å²) >= 11 is 1.40. The molecular formula is C22H20N6O3S. The summed E-state index contributed by atoms with van der Waals surface area (Å²) in [5.41, 5.74) is 1.53. The van der Waals surface area contributed by atoms with Crippen molar-refractivity contribution in [1.29, 1.82) is 5.41 Å². The lowest BCUT2D eigenvalue weighted by atomic mass is 9.90. The van der Waals surface area contributed by atoms with Crippen molar-refractivity contribution in [3.8, 4) is 5.69 Å². The van der Waals surface area contributed by atoms with Crippen LogP contribution in [0.15, 0.2) is 58.3 Å². The smallest absolute Gasteiger partial charge is 0.283 e. The number of carbonyl (C=O) groups is 1. The lowest BCUT2D eigenvalue weighted by Crippen LogP contribution is -2.35. The lowest BCUT2D eigenvalue weighted by molar-refractivity contribution is -0.384. The average molecular weight is 449 g/mol. The molecule has 3 aliphatic rings. The Bertz CT molecular complexity index is 1200. The topological polar surface area (TPSA) is 117 Å². The van der Waals surface area contributed by atoms with Gasteiger partial charge in [-0.05, 0) is 54.9 Å². The molecule has 0 unspecified atom stereocenters. The summed E-state index contributed by atoms with van der Waals surface area (Å²) < 4.78 is 1.80. The quantitative estimate of drug-likeness (QED) is 0.417. The molecule has 0 saturated heterocycles. The van der Waals surface area contributed by atoms with Crippen LogP contribution in [0.2, 0.25) is 0 Å². The number of carbonyl (C=O) groups excluding carboxylic acids is 1. The van der Waals surface area contributed by atoms with E-state index in [0.29, 0.717) is 22.5 Å². The number of nitro groups is 1. The van der Waals surface area contributed by atoms with Crippen LogP contribution in [0, 0.1) is 21.4 Å². The van der Waals surface area contributed by atoms with Crippen molar-refractivity contribution in [2.45, 2.75) is 32.1 Å². The molecule has 1 fully saturated rings. The van der Waals surface area contributed by atoms with Crippen molar-refractivity contribution in [1.82, 2.24) is 9.58 Å². The number of hydrogen-bond donors (Lipinski definition) is 1. The van der Waals surface area contributed by atoms with E-state index in [1.165, 1.54) is 48.2 Å². The van der Waals surface area contributed by atoms with Crippen molar-refractivity contribution < 1.29 is 9.72 Å². The highest BCUT2D eigenvalue weighted by atomic mass is 32.2. The van der Waals surface area contributed by atoms with Gasteiger partial charge in [0.15, 0.2) is 5.84 Å². The first-order valence-electron chi connectivity index (χ1n) is 10.4. The highest BCUT2D eigenvalue weighted by Gasteiger charge is 2.38. The molecule has 1 aliphatic carbocycles. The standard InChI is InChI=1S/C22H20N6O3S/c23-19-18(13-17-7-4-12-26(17)15-8-10-16(11-9-15)28(30)31)20(29)24-22-27(19)25-21(32-22)14-5-2-1-3-6-14/h4,7-14,23H,1-3,5-6H2/b18-13+,23-19?. The van der Waals surface area contributed by atoms with E-state index in [1.807, 2.05) is 12.1 Å². The van der Waals surface area contributed by atoms with E-state index >= 15 is 0 Å². The van der Waals surface area contributed by atoms with Crippen LogP contribution >= 0.6 is 11.8 Å². The Kier molecular flexibility index (Phi) is 5.22. The largest absolute Gasteiger partial charge is 0.317 e. The summed E-state index contributed by atoms with van der Waals surface area (Å²) in [5.74, 6) is -0.0863. The van der Waals surface area contributed by atoms with E-state index in [2.05, 4.69) is 10.1 Å². The number of thioether (sulfide) groups is 1. The van der Waals surface area contributed by atoms with Crippen molar-refractivity contribution in [2.75, 3.05) is 0 Å². The van der Waals surface area contributed by atoms with Crippen molar-refractivity contribution in [3.63, 3.8) is 0 Å². The van der Waals surface area contributed by atoms with E-state index < -0.39 is 10.8 Å². The molecule has 1 saturated carbocycles. The number of fused-ring (bicyclic) bond motifs is 1. The fourth-order valence-electron chi connectivity index (χ4n) is 4.15. The van der Waals surface area contributed by atoms with Crippen LogP contribution in [0.1, 0.15) is 37.8 Å². The summed E-state index contributed by atoms with van der Waals surface area (Å²) in [6.07, 6.45) is 9.18. The molecule has 1 N–H and O–H groups in total. The number of nitrogens with one attached hydrogen (secondary N) is 1. The third kappa shape index (κ3) is 3.66. The SMILES string of the molecule is N=C1/C(=C\c2cccn2-c2ccc([N+](=O)[O-])cc2)C(=O)N=C2SC(C3CCCCC3)=NN12. The zero-order chi connectivity index (χ0) is 22.2. The third-order valence-corrected chi connectivity index (χ3v) is 6.91. The Balaban J connectivity index is 1.44. The summed E-state index contributed by atoms with van der Waals surface area (Å²) in [7, 11) is 0. The van der Waals surface area contributed by atoms with E-state index in [9.17, 15) is 14.9 Å². The van der Waals surface area contributed by atoms with Crippen molar-refractivity contribution in [2.24, 2.45) is 16.0 Å². The maximum Gasteiger partial charge on any atom is 0.283 e. The predicted molar refractivity (Wildman–Crippen MR) is 124 cm³/mol. The number of aliphatic imine (C=N–C) groups is 1. The third-order valence-electron chi connectivity index (χ3n) is 5.84. The molecule has 0 radical (unpaired) electrons. The van der Waals surface area contributed by atoms with Gasteiger partial charge in [-0.25, -0.2) is 0 Å². The zero-order valence-electron chi connectivity index (χ0n) is 17.1. The summed E-state index contributed by atoms with van der Waals surface area (Å²) in [4.78, 5) is 27.4. The monoisotopic (exact) mass is 448 g/mol. The second kappa shape index (κ2) is 8.19. The van der Waals surface area contributed by atoms with Crippen molar-refractivity contribution >= 4 is 45.5 Å². The van der Waals surface area contributed by atoms with Gasteiger partial charge in [-0.1, -0.05) is 19.3 Å². The fourth-order valence-corrected chi connectivity index (χ4v) is 5.21. The van der Waals surface area contributed by atoms with Crippen LogP contribution in [-0.4, -0.2) is 36.5 Å². The molecule has 1 amide bonds. The number of nitro benzene ring substituents is 1. The molecule has 0 bridgehead atoms. The molecule has 5 rings (SSSR count). The Labute approximate surface area is 188 Å². The number of amides is 1. The molecule has 10 heteroatoms. The number of rotatable bonds is 4. The molecular weight excluding hydrogens is 428 g/mol. The first-order chi connectivity index (χ1) is 15.5. The molecule has 32 heavy (non-hydrogen) atoms. The van der Waals surface area contributed by atoms with Gasteiger partial charge in [0, 0.05) is 35.6 Å². The normalized spacial score (nSPS) is 20.4. The average Bonchev–Trinajstić information content (AvgIpc) is 3.44. The molecule has 162 valence electrons. The van der Waals surface area contributed by atoms with E-state index in [0.717, 1.165) is 17.9 Å². The van der Waals surface area contributed by atoms with Gasteiger partial charge in [0.1, 0.15) is 5.04 Å². The first-order valence-corrected chi connectivity index (χ1v) is 11.3. The van der Waals surface area contributed by atoms with Crippen LogP contribution in [-0.2, 0) is 4.79 Å².